The molecule has 0 heterocycles. The minimum atomic E-state index is 0.786. The van der Waals surface area contributed by atoms with Crippen LogP contribution in [-0.4, -0.2) is 4.83 Å². The smallest absolute Gasteiger partial charge is 0.0145 e. The maximum Gasteiger partial charge on any atom is 0.0145 e. The van der Waals surface area contributed by atoms with Gasteiger partial charge in [-0.05, 0) is 12.8 Å². The number of alkyl halides is 1. The zero-order valence-electron chi connectivity index (χ0n) is 12.1. The van der Waals surface area contributed by atoms with E-state index in [-0.39, 0.29) is 0 Å². The van der Waals surface area contributed by atoms with E-state index in [0.717, 1.165) is 4.83 Å². The number of hydrogen-bond donors (Lipinski definition) is 0. The SMILES string of the molecule is CCCCCCCCCCC(Br)CCCCC. The molecular formula is C16H33Br. The maximum atomic E-state index is 3.81. The Hall–Kier alpha value is 0.480. The highest BCUT2D eigenvalue weighted by molar-refractivity contribution is 9.09. The Balaban J connectivity index is 3.05. The van der Waals surface area contributed by atoms with E-state index in [9.17, 15) is 0 Å². The van der Waals surface area contributed by atoms with Crippen LogP contribution in [0.1, 0.15) is 97.3 Å². The number of rotatable bonds is 13. The molecule has 0 aliphatic heterocycles. The third kappa shape index (κ3) is 14.4. The fraction of sp³-hybridized carbons (Fsp3) is 1.00. The second-order valence-electron chi connectivity index (χ2n) is 5.36. The van der Waals surface area contributed by atoms with Gasteiger partial charge in [-0.1, -0.05) is 100 Å². The molecule has 0 spiro atoms. The molecule has 0 radical (unpaired) electrons. The van der Waals surface area contributed by atoms with Crippen molar-refractivity contribution in [2.24, 2.45) is 0 Å². The van der Waals surface area contributed by atoms with E-state index in [2.05, 4.69) is 29.8 Å². The zero-order valence-corrected chi connectivity index (χ0v) is 13.7. The summed E-state index contributed by atoms with van der Waals surface area (Å²) in [6, 6.07) is 0. The van der Waals surface area contributed by atoms with Gasteiger partial charge in [-0.3, -0.25) is 0 Å². The molecule has 0 aliphatic carbocycles. The molecule has 1 unspecified atom stereocenters. The topological polar surface area (TPSA) is 0 Å². The molecule has 17 heavy (non-hydrogen) atoms. The zero-order chi connectivity index (χ0) is 12.8. The van der Waals surface area contributed by atoms with E-state index in [0.29, 0.717) is 0 Å². The van der Waals surface area contributed by atoms with Crippen molar-refractivity contribution in [2.75, 3.05) is 0 Å². The van der Waals surface area contributed by atoms with Gasteiger partial charge in [0.15, 0.2) is 0 Å². The average molecular weight is 305 g/mol. The molecule has 0 amide bonds. The summed E-state index contributed by atoms with van der Waals surface area (Å²) in [6.07, 6.45) is 18.4. The van der Waals surface area contributed by atoms with Crippen molar-refractivity contribution in [3.8, 4) is 0 Å². The summed E-state index contributed by atoms with van der Waals surface area (Å²) in [6.45, 7) is 4.57. The molecule has 1 heteroatoms. The van der Waals surface area contributed by atoms with Gasteiger partial charge in [0.1, 0.15) is 0 Å². The van der Waals surface area contributed by atoms with Gasteiger partial charge in [0.05, 0.1) is 0 Å². The molecule has 1 atom stereocenters. The Morgan fingerprint density at radius 3 is 1.47 bits per heavy atom. The number of hydrogen-bond acceptors (Lipinski definition) is 0. The lowest BCUT2D eigenvalue weighted by Crippen LogP contribution is -1.97. The fourth-order valence-electron chi connectivity index (χ4n) is 2.26. The van der Waals surface area contributed by atoms with Crippen LogP contribution in [0.5, 0.6) is 0 Å². The van der Waals surface area contributed by atoms with Gasteiger partial charge >= 0.3 is 0 Å². The molecule has 0 saturated heterocycles. The number of halogens is 1. The van der Waals surface area contributed by atoms with Crippen LogP contribution in [0.15, 0.2) is 0 Å². The summed E-state index contributed by atoms with van der Waals surface area (Å²) in [4.78, 5) is 0.786. The Morgan fingerprint density at radius 2 is 0.941 bits per heavy atom. The van der Waals surface area contributed by atoms with Crippen molar-refractivity contribution < 1.29 is 0 Å². The largest absolute Gasteiger partial charge is 0.0891 e. The Kier molecular flexibility index (Phi) is 15.0. The molecule has 0 aliphatic rings. The standard InChI is InChI=1S/C16H33Br/c1-3-5-7-8-9-10-11-13-15-16(17)14-12-6-4-2/h16H,3-15H2,1-2H3. The van der Waals surface area contributed by atoms with Gasteiger partial charge in [-0.25, -0.2) is 0 Å². The predicted molar refractivity (Wildman–Crippen MR) is 84.1 cm³/mol. The van der Waals surface area contributed by atoms with Crippen LogP contribution in [0, 0.1) is 0 Å². The van der Waals surface area contributed by atoms with Gasteiger partial charge in [-0.15, -0.1) is 0 Å². The maximum absolute atomic E-state index is 3.81. The molecule has 0 saturated carbocycles. The van der Waals surface area contributed by atoms with Gasteiger partial charge in [-0.2, -0.15) is 0 Å². The lowest BCUT2D eigenvalue weighted by atomic mass is 10.0. The molecule has 104 valence electrons. The van der Waals surface area contributed by atoms with E-state index >= 15 is 0 Å². The summed E-state index contributed by atoms with van der Waals surface area (Å²) in [5.41, 5.74) is 0. The van der Waals surface area contributed by atoms with Crippen molar-refractivity contribution in [1.82, 2.24) is 0 Å². The van der Waals surface area contributed by atoms with Crippen LogP contribution < -0.4 is 0 Å². The molecule has 0 nitrogen and oxygen atoms in total. The first-order chi connectivity index (χ1) is 8.31. The highest BCUT2D eigenvalue weighted by Gasteiger charge is 2.02. The third-order valence-corrected chi connectivity index (χ3v) is 4.41. The monoisotopic (exact) mass is 304 g/mol. The van der Waals surface area contributed by atoms with Crippen LogP contribution in [-0.2, 0) is 0 Å². The third-order valence-electron chi connectivity index (χ3n) is 3.49. The van der Waals surface area contributed by atoms with Crippen LogP contribution in [0.2, 0.25) is 0 Å². The van der Waals surface area contributed by atoms with Crippen molar-refractivity contribution in [3.05, 3.63) is 0 Å². The van der Waals surface area contributed by atoms with Crippen LogP contribution in [0.4, 0.5) is 0 Å². The van der Waals surface area contributed by atoms with Crippen molar-refractivity contribution in [1.29, 1.82) is 0 Å². The van der Waals surface area contributed by atoms with Crippen LogP contribution in [0.25, 0.3) is 0 Å². The van der Waals surface area contributed by atoms with Crippen LogP contribution >= 0.6 is 15.9 Å². The van der Waals surface area contributed by atoms with Gasteiger partial charge in [0.2, 0.25) is 0 Å². The fourth-order valence-corrected chi connectivity index (χ4v) is 2.91. The molecule has 0 N–H and O–H groups in total. The normalized spacial score (nSPS) is 12.9. The van der Waals surface area contributed by atoms with E-state index in [1.165, 1.54) is 83.5 Å². The quantitative estimate of drug-likeness (QED) is 0.257. The second kappa shape index (κ2) is 14.5. The number of unbranched alkanes of at least 4 members (excludes halogenated alkanes) is 9. The minimum absolute atomic E-state index is 0.786. The molecular weight excluding hydrogens is 272 g/mol. The van der Waals surface area contributed by atoms with Crippen molar-refractivity contribution >= 4 is 15.9 Å². The summed E-state index contributed by atoms with van der Waals surface area (Å²) >= 11 is 3.81. The molecule has 0 fully saturated rings. The van der Waals surface area contributed by atoms with Gasteiger partial charge in [0.25, 0.3) is 0 Å². The van der Waals surface area contributed by atoms with E-state index in [1.807, 2.05) is 0 Å². The van der Waals surface area contributed by atoms with Crippen LogP contribution in [0.3, 0.4) is 0 Å². The van der Waals surface area contributed by atoms with E-state index in [1.54, 1.807) is 0 Å². The van der Waals surface area contributed by atoms with Gasteiger partial charge < -0.3 is 0 Å². The highest BCUT2D eigenvalue weighted by Crippen LogP contribution is 2.18. The highest BCUT2D eigenvalue weighted by atomic mass is 79.9. The van der Waals surface area contributed by atoms with E-state index in [4.69, 9.17) is 0 Å². The minimum Gasteiger partial charge on any atom is -0.0891 e. The lowest BCUT2D eigenvalue weighted by molar-refractivity contribution is 0.547. The molecule has 0 rings (SSSR count). The molecule has 0 aromatic heterocycles. The van der Waals surface area contributed by atoms with Crippen molar-refractivity contribution in [2.45, 2.75) is 102 Å². The second-order valence-corrected chi connectivity index (χ2v) is 6.65. The van der Waals surface area contributed by atoms with E-state index < -0.39 is 0 Å². The molecule has 0 aromatic carbocycles. The summed E-state index contributed by atoms with van der Waals surface area (Å²) in [5, 5.41) is 0. The predicted octanol–water partition coefficient (Wildman–Crippen LogP) is 6.86. The Bertz CT molecular complexity index is 133. The van der Waals surface area contributed by atoms with Crippen molar-refractivity contribution in [3.63, 3.8) is 0 Å². The molecule has 0 aromatic rings. The average Bonchev–Trinajstić information content (AvgIpc) is 2.33. The first-order valence-electron chi connectivity index (χ1n) is 7.95. The Morgan fingerprint density at radius 1 is 0.588 bits per heavy atom. The Labute approximate surface area is 118 Å². The lowest BCUT2D eigenvalue weighted by Gasteiger charge is -2.08. The molecule has 0 bridgehead atoms. The first kappa shape index (κ1) is 17.5. The summed E-state index contributed by atoms with van der Waals surface area (Å²) in [7, 11) is 0. The first-order valence-corrected chi connectivity index (χ1v) is 8.86. The van der Waals surface area contributed by atoms with Gasteiger partial charge in [0, 0.05) is 4.83 Å². The summed E-state index contributed by atoms with van der Waals surface area (Å²) < 4.78 is 0. The summed E-state index contributed by atoms with van der Waals surface area (Å²) in [5.74, 6) is 0.